The fourth-order valence-corrected chi connectivity index (χ4v) is 1.58. The monoisotopic (exact) mass is 225 g/mol. The molecule has 0 heterocycles. The second-order valence-corrected chi connectivity index (χ2v) is 3.55. The smallest absolute Gasteiger partial charge is 0.105 e. The standard InChI is InChI=1S/C12H19NO3/c1-14-9-12(15-2)11-5-3-4-10(8-11)6-7-16-13/h3-5,8,12H,6-7,9,13H2,1-2H3. The van der Waals surface area contributed by atoms with E-state index in [9.17, 15) is 0 Å². The molecular formula is C12H19NO3. The summed E-state index contributed by atoms with van der Waals surface area (Å²) in [5.74, 6) is 5.00. The van der Waals surface area contributed by atoms with Crippen molar-refractivity contribution in [3.8, 4) is 0 Å². The van der Waals surface area contributed by atoms with Gasteiger partial charge in [-0.2, -0.15) is 0 Å². The highest BCUT2D eigenvalue weighted by Crippen LogP contribution is 2.18. The van der Waals surface area contributed by atoms with E-state index in [1.165, 1.54) is 5.56 Å². The minimum absolute atomic E-state index is 0.0243. The number of methoxy groups -OCH3 is 2. The maximum atomic E-state index is 5.36. The van der Waals surface area contributed by atoms with Gasteiger partial charge in [-0.1, -0.05) is 24.3 Å². The molecule has 1 aromatic rings. The average Bonchev–Trinajstić information content (AvgIpc) is 2.33. The molecule has 0 bridgehead atoms. The molecule has 0 spiro atoms. The molecule has 0 amide bonds. The Morgan fingerprint density at radius 1 is 1.31 bits per heavy atom. The van der Waals surface area contributed by atoms with Crippen molar-refractivity contribution in [2.45, 2.75) is 12.5 Å². The number of ether oxygens (including phenoxy) is 2. The van der Waals surface area contributed by atoms with Crippen LogP contribution >= 0.6 is 0 Å². The highest BCUT2D eigenvalue weighted by molar-refractivity contribution is 5.25. The van der Waals surface area contributed by atoms with E-state index in [0.29, 0.717) is 13.2 Å². The number of rotatable bonds is 7. The molecule has 0 aliphatic heterocycles. The van der Waals surface area contributed by atoms with Crippen molar-refractivity contribution in [2.75, 3.05) is 27.4 Å². The first-order valence-electron chi connectivity index (χ1n) is 5.24. The molecule has 0 saturated carbocycles. The first-order chi connectivity index (χ1) is 7.81. The van der Waals surface area contributed by atoms with Gasteiger partial charge in [0.2, 0.25) is 0 Å². The van der Waals surface area contributed by atoms with Gasteiger partial charge in [0.1, 0.15) is 6.10 Å². The van der Waals surface area contributed by atoms with Gasteiger partial charge in [0, 0.05) is 14.2 Å². The van der Waals surface area contributed by atoms with Crippen molar-refractivity contribution in [3.05, 3.63) is 35.4 Å². The van der Waals surface area contributed by atoms with Crippen molar-refractivity contribution in [1.82, 2.24) is 0 Å². The van der Waals surface area contributed by atoms with Gasteiger partial charge >= 0.3 is 0 Å². The minimum atomic E-state index is -0.0243. The predicted molar refractivity (Wildman–Crippen MR) is 61.9 cm³/mol. The SMILES string of the molecule is COCC(OC)c1cccc(CCON)c1. The molecular weight excluding hydrogens is 206 g/mol. The second kappa shape index (κ2) is 7.35. The maximum absolute atomic E-state index is 5.36. The molecule has 2 N–H and O–H groups in total. The molecule has 0 aromatic heterocycles. The van der Waals surface area contributed by atoms with Gasteiger partial charge in [-0.15, -0.1) is 0 Å². The van der Waals surface area contributed by atoms with Crippen LogP contribution in [0.1, 0.15) is 17.2 Å². The van der Waals surface area contributed by atoms with Crippen LogP contribution in [-0.2, 0) is 20.7 Å². The van der Waals surface area contributed by atoms with E-state index in [1.54, 1.807) is 14.2 Å². The average molecular weight is 225 g/mol. The van der Waals surface area contributed by atoms with Gasteiger partial charge in [-0.25, -0.2) is 5.90 Å². The van der Waals surface area contributed by atoms with Crippen LogP contribution < -0.4 is 5.90 Å². The van der Waals surface area contributed by atoms with Crippen molar-refractivity contribution < 1.29 is 14.3 Å². The molecule has 0 saturated heterocycles. The third kappa shape index (κ3) is 3.90. The Kier molecular flexibility index (Phi) is 6.03. The fourth-order valence-electron chi connectivity index (χ4n) is 1.58. The van der Waals surface area contributed by atoms with E-state index in [0.717, 1.165) is 12.0 Å². The van der Waals surface area contributed by atoms with Crippen LogP contribution in [0, 0.1) is 0 Å². The largest absolute Gasteiger partial charge is 0.382 e. The molecule has 0 radical (unpaired) electrons. The summed E-state index contributed by atoms with van der Waals surface area (Å²) in [4.78, 5) is 4.56. The van der Waals surface area contributed by atoms with E-state index in [4.69, 9.17) is 15.4 Å². The number of nitrogens with two attached hydrogens (primary N) is 1. The first-order valence-corrected chi connectivity index (χ1v) is 5.24. The van der Waals surface area contributed by atoms with Gasteiger partial charge in [-0.3, -0.25) is 0 Å². The van der Waals surface area contributed by atoms with Crippen LogP contribution in [-0.4, -0.2) is 27.4 Å². The lowest BCUT2D eigenvalue weighted by molar-refractivity contribution is 0.0274. The van der Waals surface area contributed by atoms with E-state index in [2.05, 4.69) is 10.9 Å². The van der Waals surface area contributed by atoms with Crippen LogP contribution in [0.15, 0.2) is 24.3 Å². The molecule has 0 aliphatic rings. The van der Waals surface area contributed by atoms with E-state index in [1.807, 2.05) is 18.2 Å². The number of benzene rings is 1. The summed E-state index contributed by atoms with van der Waals surface area (Å²) >= 11 is 0. The Balaban J connectivity index is 2.71. The predicted octanol–water partition coefficient (Wildman–Crippen LogP) is 1.45. The summed E-state index contributed by atoms with van der Waals surface area (Å²) in [5.41, 5.74) is 2.29. The molecule has 0 aliphatic carbocycles. The van der Waals surface area contributed by atoms with Gasteiger partial charge in [0.05, 0.1) is 13.2 Å². The number of hydrogen-bond acceptors (Lipinski definition) is 4. The van der Waals surface area contributed by atoms with Crippen LogP contribution in [0.25, 0.3) is 0 Å². The molecule has 90 valence electrons. The van der Waals surface area contributed by atoms with Crippen molar-refractivity contribution >= 4 is 0 Å². The van der Waals surface area contributed by atoms with E-state index >= 15 is 0 Å². The lowest BCUT2D eigenvalue weighted by Crippen LogP contribution is -2.09. The summed E-state index contributed by atoms with van der Waals surface area (Å²) in [6.07, 6.45) is 0.775. The van der Waals surface area contributed by atoms with Crippen LogP contribution in [0.3, 0.4) is 0 Å². The Morgan fingerprint density at radius 2 is 2.12 bits per heavy atom. The normalized spacial score (nSPS) is 12.7. The fraction of sp³-hybridized carbons (Fsp3) is 0.500. The number of hydrogen-bond donors (Lipinski definition) is 1. The van der Waals surface area contributed by atoms with Gasteiger partial charge in [0.15, 0.2) is 0 Å². The summed E-state index contributed by atoms with van der Waals surface area (Å²) in [7, 11) is 3.34. The lowest BCUT2D eigenvalue weighted by atomic mass is 10.0. The third-order valence-electron chi connectivity index (χ3n) is 2.43. The molecule has 0 fully saturated rings. The van der Waals surface area contributed by atoms with Crippen LogP contribution in [0.4, 0.5) is 0 Å². The highest BCUT2D eigenvalue weighted by Gasteiger charge is 2.10. The van der Waals surface area contributed by atoms with Crippen molar-refractivity contribution in [3.63, 3.8) is 0 Å². The quantitative estimate of drug-likeness (QED) is 0.714. The molecule has 1 rings (SSSR count). The summed E-state index contributed by atoms with van der Waals surface area (Å²) in [5, 5.41) is 0. The maximum Gasteiger partial charge on any atom is 0.105 e. The van der Waals surface area contributed by atoms with Gasteiger partial charge in [0.25, 0.3) is 0 Å². The zero-order chi connectivity index (χ0) is 11.8. The Morgan fingerprint density at radius 3 is 2.75 bits per heavy atom. The Hall–Kier alpha value is -0.940. The molecule has 4 nitrogen and oxygen atoms in total. The van der Waals surface area contributed by atoms with Gasteiger partial charge < -0.3 is 14.3 Å². The molecule has 16 heavy (non-hydrogen) atoms. The summed E-state index contributed by atoms with van der Waals surface area (Å²) in [6.45, 7) is 1.07. The first kappa shape index (κ1) is 13.1. The van der Waals surface area contributed by atoms with Crippen molar-refractivity contribution in [2.24, 2.45) is 5.90 Å². The zero-order valence-electron chi connectivity index (χ0n) is 9.81. The lowest BCUT2D eigenvalue weighted by Gasteiger charge is -2.15. The molecule has 1 atom stereocenters. The van der Waals surface area contributed by atoms with E-state index < -0.39 is 0 Å². The topological polar surface area (TPSA) is 53.7 Å². The third-order valence-corrected chi connectivity index (χ3v) is 2.43. The Labute approximate surface area is 96.3 Å². The molecule has 4 heteroatoms. The summed E-state index contributed by atoms with van der Waals surface area (Å²) < 4.78 is 10.5. The Bertz CT molecular complexity index is 304. The minimum Gasteiger partial charge on any atom is -0.382 e. The highest BCUT2D eigenvalue weighted by atomic mass is 16.6. The van der Waals surface area contributed by atoms with E-state index in [-0.39, 0.29) is 6.10 Å². The molecule has 1 aromatic carbocycles. The zero-order valence-corrected chi connectivity index (χ0v) is 9.81. The van der Waals surface area contributed by atoms with Crippen LogP contribution in [0.5, 0.6) is 0 Å². The van der Waals surface area contributed by atoms with Crippen LogP contribution in [0.2, 0.25) is 0 Å². The second-order valence-electron chi connectivity index (χ2n) is 3.55. The van der Waals surface area contributed by atoms with Gasteiger partial charge in [-0.05, 0) is 17.5 Å². The van der Waals surface area contributed by atoms with Crippen molar-refractivity contribution in [1.29, 1.82) is 0 Å². The summed E-state index contributed by atoms with van der Waals surface area (Å²) in [6, 6.07) is 8.16. The molecule has 1 unspecified atom stereocenters.